The molecule has 142 valence electrons. The molecule has 0 spiro atoms. The fourth-order valence-electron chi connectivity index (χ4n) is 3.39. The van der Waals surface area contributed by atoms with Gasteiger partial charge in [0.1, 0.15) is 5.82 Å². The Hall–Kier alpha value is -1.43. The fourth-order valence-corrected chi connectivity index (χ4v) is 4.10. The largest absolute Gasteiger partial charge is 0.354 e. The van der Waals surface area contributed by atoms with E-state index in [-0.39, 0.29) is 36.6 Å². The third-order valence-electron chi connectivity index (χ3n) is 4.78. The molecule has 1 aliphatic heterocycles. The molecule has 3 nitrogen and oxygen atoms in total. The lowest BCUT2D eigenvalue weighted by atomic mass is 10.1. The Morgan fingerprint density at radius 1 is 1.12 bits per heavy atom. The molecule has 0 saturated carbocycles. The first-order valence-corrected chi connectivity index (χ1v) is 9.94. The first kappa shape index (κ1) is 20.9. The molecule has 1 N–H and O–H groups in total. The Balaban J connectivity index is 0.00000243. The number of rotatable bonds is 6. The SMILES string of the molecule is Cl.O=C(Cc1ccc(F)cc1)NCC(c1ccsc1)N1CCCCCC1. The van der Waals surface area contributed by atoms with Crippen LogP contribution in [0, 0.1) is 5.82 Å². The van der Waals surface area contributed by atoms with Crippen molar-refractivity contribution >= 4 is 29.7 Å². The average molecular weight is 397 g/mol. The Morgan fingerprint density at radius 3 is 2.42 bits per heavy atom. The summed E-state index contributed by atoms with van der Waals surface area (Å²) in [5.41, 5.74) is 2.12. The Kier molecular flexibility index (Phi) is 8.55. The number of carbonyl (C=O) groups is 1. The van der Waals surface area contributed by atoms with E-state index in [1.807, 2.05) is 0 Å². The molecule has 1 aromatic heterocycles. The molecule has 0 radical (unpaired) electrons. The fraction of sp³-hybridized carbons (Fsp3) is 0.450. The highest BCUT2D eigenvalue weighted by atomic mass is 35.5. The Morgan fingerprint density at radius 2 is 1.81 bits per heavy atom. The molecular weight excluding hydrogens is 371 g/mol. The number of hydrogen-bond donors (Lipinski definition) is 1. The van der Waals surface area contributed by atoms with Gasteiger partial charge in [0, 0.05) is 6.54 Å². The highest BCUT2D eigenvalue weighted by Crippen LogP contribution is 2.25. The Labute approximate surface area is 165 Å². The van der Waals surface area contributed by atoms with Crippen LogP contribution < -0.4 is 5.32 Å². The first-order valence-electron chi connectivity index (χ1n) is 8.99. The molecule has 1 unspecified atom stereocenters. The molecule has 0 aliphatic carbocycles. The first-order chi connectivity index (χ1) is 12.2. The number of hydrogen-bond acceptors (Lipinski definition) is 3. The van der Waals surface area contributed by atoms with Crippen molar-refractivity contribution in [1.82, 2.24) is 10.2 Å². The van der Waals surface area contributed by atoms with Crippen LogP contribution >= 0.6 is 23.7 Å². The molecule has 1 aromatic carbocycles. The van der Waals surface area contributed by atoms with Crippen molar-refractivity contribution in [2.24, 2.45) is 0 Å². The molecule has 1 saturated heterocycles. The summed E-state index contributed by atoms with van der Waals surface area (Å²) in [5.74, 6) is -0.287. The summed E-state index contributed by atoms with van der Waals surface area (Å²) in [6.07, 6.45) is 5.33. The lowest BCUT2D eigenvalue weighted by Crippen LogP contribution is -2.39. The van der Waals surface area contributed by atoms with Crippen molar-refractivity contribution in [2.45, 2.75) is 38.1 Å². The van der Waals surface area contributed by atoms with Crippen LogP contribution in [0.25, 0.3) is 0 Å². The summed E-state index contributed by atoms with van der Waals surface area (Å²) >= 11 is 1.70. The maximum atomic E-state index is 13.0. The van der Waals surface area contributed by atoms with E-state index in [1.54, 1.807) is 23.5 Å². The lowest BCUT2D eigenvalue weighted by Gasteiger charge is -2.30. The zero-order valence-corrected chi connectivity index (χ0v) is 16.5. The van der Waals surface area contributed by atoms with E-state index in [4.69, 9.17) is 0 Å². The van der Waals surface area contributed by atoms with Crippen molar-refractivity contribution in [3.63, 3.8) is 0 Å². The van der Waals surface area contributed by atoms with Crippen molar-refractivity contribution in [1.29, 1.82) is 0 Å². The van der Waals surface area contributed by atoms with Crippen LogP contribution in [0.5, 0.6) is 0 Å². The standard InChI is InChI=1S/C20H25FN2OS.ClH/c21-18-7-5-16(6-8-18)13-20(24)22-14-19(17-9-12-25-15-17)23-10-3-1-2-4-11-23;/h5-9,12,15,19H,1-4,10-11,13-14H2,(H,22,24);1H. The molecular formula is C20H26ClFN2OS. The second-order valence-electron chi connectivity index (χ2n) is 6.63. The molecule has 26 heavy (non-hydrogen) atoms. The number of nitrogens with zero attached hydrogens (tertiary/aromatic N) is 1. The van der Waals surface area contributed by atoms with Crippen LogP contribution in [-0.4, -0.2) is 30.4 Å². The number of thiophene rings is 1. The number of halogens is 2. The Bertz CT molecular complexity index is 655. The second kappa shape index (κ2) is 10.7. The summed E-state index contributed by atoms with van der Waals surface area (Å²) in [4.78, 5) is 14.8. The van der Waals surface area contributed by atoms with E-state index in [9.17, 15) is 9.18 Å². The van der Waals surface area contributed by atoms with E-state index in [0.29, 0.717) is 6.54 Å². The summed E-state index contributed by atoms with van der Waals surface area (Å²) < 4.78 is 13.0. The van der Waals surface area contributed by atoms with E-state index in [1.165, 1.54) is 43.4 Å². The zero-order chi connectivity index (χ0) is 17.5. The third-order valence-corrected chi connectivity index (χ3v) is 5.48. The molecule has 2 aromatic rings. The molecule has 0 bridgehead atoms. The summed E-state index contributed by atoms with van der Waals surface area (Å²) in [6.45, 7) is 2.81. The molecule has 3 rings (SSSR count). The van der Waals surface area contributed by atoms with Gasteiger partial charge in [0.15, 0.2) is 0 Å². The number of benzene rings is 1. The lowest BCUT2D eigenvalue weighted by molar-refractivity contribution is -0.120. The van der Waals surface area contributed by atoms with Crippen LogP contribution in [-0.2, 0) is 11.2 Å². The topological polar surface area (TPSA) is 32.3 Å². The zero-order valence-electron chi connectivity index (χ0n) is 14.8. The van der Waals surface area contributed by atoms with Gasteiger partial charge in [0.2, 0.25) is 5.91 Å². The van der Waals surface area contributed by atoms with Crippen molar-refractivity contribution < 1.29 is 9.18 Å². The third kappa shape index (κ3) is 6.08. The van der Waals surface area contributed by atoms with Gasteiger partial charge in [0.25, 0.3) is 0 Å². The summed E-state index contributed by atoms with van der Waals surface area (Å²) in [7, 11) is 0. The molecule has 1 aliphatic rings. The maximum absolute atomic E-state index is 13.0. The predicted octanol–water partition coefficient (Wildman–Crippen LogP) is 4.59. The molecule has 1 fully saturated rings. The number of carbonyl (C=O) groups excluding carboxylic acids is 1. The summed E-state index contributed by atoms with van der Waals surface area (Å²) in [6, 6.07) is 8.52. The molecule has 1 amide bonds. The van der Waals surface area contributed by atoms with Gasteiger partial charge in [-0.3, -0.25) is 9.69 Å². The van der Waals surface area contributed by atoms with Crippen molar-refractivity contribution in [3.05, 3.63) is 58.0 Å². The van der Waals surface area contributed by atoms with Crippen LogP contribution in [0.3, 0.4) is 0 Å². The number of amides is 1. The van der Waals surface area contributed by atoms with Crippen LogP contribution in [0.15, 0.2) is 41.1 Å². The van der Waals surface area contributed by atoms with E-state index in [2.05, 4.69) is 27.0 Å². The predicted molar refractivity (Wildman–Crippen MR) is 107 cm³/mol. The van der Waals surface area contributed by atoms with Gasteiger partial charge in [-0.2, -0.15) is 11.3 Å². The van der Waals surface area contributed by atoms with Crippen LogP contribution in [0.4, 0.5) is 4.39 Å². The number of likely N-dealkylation sites (tertiary alicyclic amines) is 1. The van der Waals surface area contributed by atoms with Gasteiger partial charge in [-0.25, -0.2) is 4.39 Å². The normalized spacial score (nSPS) is 16.3. The van der Waals surface area contributed by atoms with Gasteiger partial charge < -0.3 is 5.32 Å². The van der Waals surface area contributed by atoms with Gasteiger partial charge in [-0.1, -0.05) is 25.0 Å². The van der Waals surface area contributed by atoms with E-state index < -0.39 is 0 Å². The smallest absolute Gasteiger partial charge is 0.224 e. The van der Waals surface area contributed by atoms with Gasteiger partial charge >= 0.3 is 0 Å². The monoisotopic (exact) mass is 396 g/mol. The van der Waals surface area contributed by atoms with Crippen LogP contribution in [0.2, 0.25) is 0 Å². The minimum absolute atomic E-state index is 0. The van der Waals surface area contributed by atoms with Crippen LogP contribution in [0.1, 0.15) is 42.9 Å². The minimum atomic E-state index is -0.275. The van der Waals surface area contributed by atoms with Crippen molar-refractivity contribution in [2.75, 3.05) is 19.6 Å². The van der Waals surface area contributed by atoms with Gasteiger partial charge in [-0.15, -0.1) is 12.4 Å². The van der Waals surface area contributed by atoms with E-state index in [0.717, 1.165) is 18.7 Å². The molecule has 6 heteroatoms. The molecule has 2 heterocycles. The maximum Gasteiger partial charge on any atom is 0.224 e. The quantitative estimate of drug-likeness (QED) is 0.774. The van der Waals surface area contributed by atoms with E-state index >= 15 is 0 Å². The van der Waals surface area contributed by atoms with Crippen molar-refractivity contribution in [3.8, 4) is 0 Å². The second-order valence-corrected chi connectivity index (χ2v) is 7.41. The highest BCUT2D eigenvalue weighted by molar-refractivity contribution is 7.07. The van der Waals surface area contributed by atoms with Gasteiger partial charge in [-0.05, 0) is 66.0 Å². The minimum Gasteiger partial charge on any atom is -0.354 e. The highest BCUT2D eigenvalue weighted by Gasteiger charge is 2.22. The summed E-state index contributed by atoms with van der Waals surface area (Å²) in [5, 5.41) is 7.36. The van der Waals surface area contributed by atoms with Gasteiger partial charge in [0.05, 0.1) is 12.5 Å². The molecule has 1 atom stereocenters. The average Bonchev–Trinajstić information content (AvgIpc) is 3.00. The number of nitrogens with one attached hydrogen (secondary N) is 1.